The number of fused-ring (bicyclic) bond motifs is 2. The summed E-state index contributed by atoms with van der Waals surface area (Å²) >= 11 is 1.47. The predicted octanol–water partition coefficient (Wildman–Crippen LogP) is 3.13. The molecule has 1 aliphatic heterocycles. The highest BCUT2D eigenvalue weighted by Crippen LogP contribution is 2.39. The SMILES string of the molecule is CC1Cc2ccccc2N1c1nc(=O)c2cccnc2s1. The van der Waals surface area contributed by atoms with Crippen molar-refractivity contribution in [3.63, 3.8) is 0 Å². The van der Waals surface area contributed by atoms with Gasteiger partial charge in [-0.15, -0.1) is 0 Å². The molecule has 0 N–H and O–H groups in total. The first-order valence-corrected chi connectivity index (χ1v) is 7.69. The van der Waals surface area contributed by atoms with E-state index in [1.54, 1.807) is 18.3 Å². The second-order valence-electron chi connectivity index (χ2n) is 5.21. The van der Waals surface area contributed by atoms with Crippen molar-refractivity contribution in [2.24, 2.45) is 0 Å². The van der Waals surface area contributed by atoms with E-state index in [1.807, 2.05) is 12.1 Å². The zero-order valence-electron chi connectivity index (χ0n) is 11.5. The van der Waals surface area contributed by atoms with Crippen molar-refractivity contribution in [1.29, 1.82) is 0 Å². The summed E-state index contributed by atoms with van der Waals surface area (Å²) in [7, 11) is 0. The second-order valence-corrected chi connectivity index (χ2v) is 6.17. The molecule has 0 spiro atoms. The van der Waals surface area contributed by atoms with Crippen LogP contribution in [-0.2, 0) is 6.42 Å². The number of hydrogen-bond acceptors (Lipinski definition) is 5. The van der Waals surface area contributed by atoms with E-state index in [9.17, 15) is 4.79 Å². The van der Waals surface area contributed by atoms with Crippen LogP contribution in [0.5, 0.6) is 0 Å². The number of para-hydroxylation sites is 1. The maximum atomic E-state index is 12.2. The highest BCUT2D eigenvalue weighted by molar-refractivity contribution is 7.21. The first-order valence-electron chi connectivity index (χ1n) is 6.87. The van der Waals surface area contributed by atoms with Crippen molar-refractivity contribution in [3.8, 4) is 0 Å². The molecule has 0 saturated heterocycles. The molecule has 4 rings (SSSR count). The summed E-state index contributed by atoms with van der Waals surface area (Å²) in [5, 5.41) is 1.31. The summed E-state index contributed by atoms with van der Waals surface area (Å²) in [5.41, 5.74) is 2.24. The Kier molecular flexibility index (Phi) is 2.75. The van der Waals surface area contributed by atoms with E-state index in [0.29, 0.717) is 11.4 Å². The lowest BCUT2D eigenvalue weighted by Gasteiger charge is -2.22. The quantitative estimate of drug-likeness (QED) is 0.692. The fourth-order valence-corrected chi connectivity index (χ4v) is 3.91. The van der Waals surface area contributed by atoms with Crippen LogP contribution in [0.25, 0.3) is 10.2 Å². The Hall–Kier alpha value is -2.27. The van der Waals surface area contributed by atoms with Crippen LogP contribution in [0.15, 0.2) is 47.4 Å². The molecule has 3 heterocycles. The van der Waals surface area contributed by atoms with E-state index >= 15 is 0 Å². The Balaban J connectivity index is 1.93. The maximum Gasteiger partial charge on any atom is 0.282 e. The van der Waals surface area contributed by atoms with Crippen LogP contribution in [0, 0.1) is 0 Å². The summed E-state index contributed by atoms with van der Waals surface area (Å²) in [6.07, 6.45) is 2.68. The summed E-state index contributed by atoms with van der Waals surface area (Å²) in [4.78, 5) is 23.7. The molecule has 0 fully saturated rings. The summed E-state index contributed by atoms with van der Waals surface area (Å²) < 4.78 is 0. The highest BCUT2D eigenvalue weighted by atomic mass is 32.1. The van der Waals surface area contributed by atoms with Gasteiger partial charge in [0, 0.05) is 17.9 Å². The van der Waals surface area contributed by atoms with Gasteiger partial charge >= 0.3 is 0 Å². The van der Waals surface area contributed by atoms with Gasteiger partial charge in [-0.25, -0.2) is 4.98 Å². The highest BCUT2D eigenvalue weighted by Gasteiger charge is 2.28. The lowest BCUT2D eigenvalue weighted by molar-refractivity contribution is 0.755. The third-order valence-corrected chi connectivity index (χ3v) is 4.79. The van der Waals surface area contributed by atoms with Crippen LogP contribution in [0.4, 0.5) is 10.8 Å². The third kappa shape index (κ3) is 1.93. The number of pyridine rings is 1. The molecule has 1 unspecified atom stereocenters. The van der Waals surface area contributed by atoms with Gasteiger partial charge in [-0.1, -0.05) is 29.5 Å². The number of aromatic nitrogens is 2. The van der Waals surface area contributed by atoms with E-state index in [2.05, 4.69) is 33.9 Å². The molecule has 0 saturated carbocycles. The molecule has 3 aromatic rings. The first kappa shape index (κ1) is 12.5. The molecule has 4 nitrogen and oxygen atoms in total. The Morgan fingerprint density at radius 1 is 1.24 bits per heavy atom. The van der Waals surface area contributed by atoms with Crippen molar-refractivity contribution >= 4 is 32.4 Å². The normalized spacial score (nSPS) is 17.2. The minimum atomic E-state index is -0.205. The van der Waals surface area contributed by atoms with E-state index < -0.39 is 0 Å². The maximum absolute atomic E-state index is 12.2. The van der Waals surface area contributed by atoms with Crippen LogP contribution in [0.2, 0.25) is 0 Å². The van der Waals surface area contributed by atoms with E-state index in [-0.39, 0.29) is 5.56 Å². The van der Waals surface area contributed by atoms with Gasteiger partial charge in [0.1, 0.15) is 4.83 Å². The van der Waals surface area contributed by atoms with Gasteiger partial charge in [0.05, 0.1) is 5.39 Å². The second kappa shape index (κ2) is 4.63. The van der Waals surface area contributed by atoms with Gasteiger partial charge < -0.3 is 4.90 Å². The molecule has 104 valence electrons. The first-order chi connectivity index (χ1) is 10.2. The number of anilines is 2. The Morgan fingerprint density at radius 2 is 2.10 bits per heavy atom. The van der Waals surface area contributed by atoms with Gasteiger partial charge in [0.15, 0.2) is 5.13 Å². The van der Waals surface area contributed by atoms with Gasteiger partial charge in [-0.2, -0.15) is 4.98 Å². The van der Waals surface area contributed by atoms with E-state index in [1.165, 1.54) is 16.9 Å². The van der Waals surface area contributed by atoms with Gasteiger partial charge in [-0.05, 0) is 37.1 Å². The molecule has 1 aromatic carbocycles. The van der Waals surface area contributed by atoms with Crippen LogP contribution in [-0.4, -0.2) is 16.0 Å². The van der Waals surface area contributed by atoms with Crippen molar-refractivity contribution in [2.75, 3.05) is 4.90 Å². The summed E-state index contributed by atoms with van der Waals surface area (Å²) in [6, 6.07) is 12.1. The van der Waals surface area contributed by atoms with Crippen molar-refractivity contribution < 1.29 is 0 Å². The molecule has 0 bridgehead atoms. The molecule has 0 amide bonds. The molecule has 1 atom stereocenters. The monoisotopic (exact) mass is 295 g/mol. The minimum absolute atomic E-state index is 0.205. The van der Waals surface area contributed by atoms with Crippen molar-refractivity contribution in [1.82, 2.24) is 9.97 Å². The molecule has 1 aliphatic rings. The molecule has 5 heteroatoms. The Morgan fingerprint density at radius 3 is 3.00 bits per heavy atom. The summed E-state index contributed by atoms with van der Waals surface area (Å²) in [6.45, 7) is 2.15. The number of rotatable bonds is 1. The number of benzene rings is 1. The Labute approximate surface area is 125 Å². The topological polar surface area (TPSA) is 46.1 Å². The zero-order valence-corrected chi connectivity index (χ0v) is 12.3. The van der Waals surface area contributed by atoms with Gasteiger partial charge in [0.25, 0.3) is 5.56 Å². The van der Waals surface area contributed by atoms with Gasteiger partial charge in [-0.3, -0.25) is 4.79 Å². The third-order valence-electron chi connectivity index (χ3n) is 3.80. The lowest BCUT2D eigenvalue weighted by Crippen LogP contribution is -2.26. The molecular formula is C16H13N3OS. The number of nitrogens with zero attached hydrogens (tertiary/aromatic N) is 3. The smallest absolute Gasteiger partial charge is 0.282 e. The van der Waals surface area contributed by atoms with Crippen LogP contribution < -0.4 is 10.5 Å². The van der Waals surface area contributed by atoms with Gasteiger partial charge in [0.2, 0.25) is 0 Å². The Bertz CT molecular complexity index is 890. The van der Waals surface area contributed by atoms with Crippen LogP contribution >= 0.6 is 11.3 Å². The fourth-order valence-electron chi connectivity index (χ4n) is 2.85. The molecular weight excluding hydrogens is 282 g/mol. The lowest BCUT2D eigenvalue weighted by atomic mass is 10.1. The molecule has 2 aromatic heterocycles. The number of hydrogen-bond donors (Lipinski definition) is 0. The standard InChI is InChI=1S/C16H13N3OS/c1-10-9-11-5-2-3-7-13(11)19(10)16-18-14(20)12-6-4-8-17-15(12)21-16/h2-8,10H,9H2,1H3. The largest absolute Gasteiger partial charge is 0.314 e. The van der Waals surface area contributed by atoms with Crippen molar-refractivity contribution in [3.05, 3.63) is 58.5 Å². The predicted molar refractivity (Wildman–Crippen MR) is 85.4 cm³/mol. The summed E-state index contributed by atoms with van der Waals surface area (Å²) in [5.74, 6) is 0. The molecule has 0 aliphatic carbocycles. The average molecular weight is 295 g/mol. The fraction of sp³-hybridized carbons (Fsp3) is 0.188. The zero-order chi connectivity index (χ0) is 14.4. The van der Waals surface area contributed by atoms with E-state index in [4.69, 9.17) is 0 Å². The van der Waals surface area contributed by atoms with Crippen LogP contribution in [0.3, 0.4) is 0 Å². The van der Waals surface area contributed by atoms with Crippen LogP contribution in [0.1, 0.15) is 12.5 Å². The van der Waals surface area contributed by atoms with E-state index in [0.717, 1.165) is 22.1 Å². The molecule has 21 heavy (non-hydrogen) atoms. The minimum Gasteiger partial charge on any atom is -0.314 e. The average Bonchev–Trinajstić information content (AvgIpc) is 2.83. The molecule has 0 radical (unpaired) electrons. The van der Waals surface area contributed by atoms with Crippen molar-refractivity contribution in [2.45, 2.75) is 19.4 Å².